The molecule has 0 aromatic heterocycles. The smallest absolute Gasteiger partial charge is 0.250 e. The molecule has 0 aliphatic rings. The predicted octanol–water partition coefficient (Wildman–Crippen LogP) is 3.25. The Balaban J connectivity index is 0.00000312. The molecule has 0 aliphatic heterocycles. The van der Waals surface area contributed by atoms with E-state index in [0.717, 1.165) is 30.1 Å². The summed E-state index contributed by atoms with van der Waals surface area (Å²) < 4.78 is 10.9. The highest BCUT2D eigenvalue weighted by Gasteiger charge is 2.06. The van der Waals surface area contributed by atoms with Crippen molar-refractivity contribution in [2.75, 3.05) is 31.7 Å². The van der Waals surface area contributed by atoms with Crippen LogP contribution in [0, 0.1) is 0 Å². The summed E-state index contributed by atoms with van der Waals surface area (Å²) in [5, 5.41) is 6.14. The summed E-state index contributed by atoms with van der Waals surface area (Å²) in [6, 6.07) is 17.3. The van der Waals surface area contributed by atoms with Gasteiger partial charge in [-0.1, -0.05) is 43.3 Å². The van der Waals surface area contributed by atoms with Crippen molar-refractivity contribution in [3.8, 4) is 5.75 Å². The molecule has 25 heavy (non-hydrogen) atoms. The normalized spacial score (nSPS) is 9.96. The van der Waals surface area contributed by atoms with Gasteiger partial charge in [-0.05, 0) is 30.3 Å². The second-order valence-corrected chi connectivity index (χ2v) is 5.20. The predicted molar refractivity (Wildman–Crippen MR) is 102 cm³/mol. The molecule has 0 spiro atoms. The number of rotatable bonds is 10. The minimum absolute atomic E-state index is 0. The fourth-order valence-electron chi connectivity index (χ4n) is 2.14. The van der Waals surface area contributed by atoms with Crippen LogP contribution >= 0.6 is 12.4 Å². The number of ether oxygens (including phenoxy) is 2. The Hall–Kier alpha value is -2.08. The van der Waals surface area contributed by atoms with Crippen molar-refractivity contribution in [2.45, 2.75) is 13.5 Å². The van der Waals surface area contributed by atoms with E-state index in [1.807, 2.05) is 61.5 Å². The molecular weight excluding hydrogens is 340 g/mol. The topological polar surface area (TPSA) is 59.6 Å². The van der Waals surface area contributed by atoms with Crippen LogP contribution in [0.3, 0.4) is 0 Å². The van der Waals surface area contributed by atoms with Crippen molar-refractivity contribution < 1.29 is 14.3 Å². The van der Waals surface area contributed by atoms with Crippen molar-refractivity contribution in [1.82, 2.24) is 5.32 Å². The summed E-state index contributed by atoms with van der Waals surface area (Å²) in [6.45, 7) is 4.43. The molecule has 0 unspecified atom stereocenters. The largest absolute Gasteiger partial charge is 0.491 e. The van der Waals surface area contributed by atoms with Crippen LogP contribution in [-0.2, 0) is 16.1 Å². The van der Waals surface area contributed by atoms with Gasteiger partial charge in [0.1, 0.15) is 19.0 Å². The van der Waals surface area contributed by atoms with Gasteiger partial charge in [0.05, 0.1) is 6.61 Å². The highest BCUT2D eigenvalue weighted by atomic mass is 35.5. The summed E-state index contributed by atoms with van der Waals surface area (Å²) in [5.74, 6) is 0.626. The Morgan fingerprint density at radius 2 is 1.72 bits per heavy atom. The molecule has 0 heterocycles. The molecule has 0 bridgehead atoms. The summed E-state index contributed by atoms with van der Waals surface area (Å²) >= 11 is 0. The maximum absolute atomic E-state index is 12.0. The third-order valence-corrected chi connectivity index (χ3v) is 3.33. The number of carbonyl (C=O) groups excluding carboxylic acids is 1. The lowest BCUT2D eigenvalue weighted by Crippen LogP contribution is -2.22. The Morgan fingerprint density at radius 3 is 2.48 bits per heavy atom. The molecule has 2 aromatic rings. The first-order valence-corrected chi connectivity index (χ1v) is 8.13. The standard InChI is InChI=1S/C19H24N2O3.ClH/c1-2-20-14-16-8-6-7-11-18(16)21-19(22)15-23-12-13-24-17-9-4-3-5-10-17;/h3-11,20H,2,12-15H2,1H3,(H,21,22);1H. The van der Waals surface area contributed by atoms with Crippen molar-refractivity contribution in [1.29, 1.82) is 0 Å². The Morgan fingerprint density at radius 1 is 1.00 bits per heavy atom. The van der Waals surface area contributed by atoms with Crippen LogP contribution in [-0.4, -0.2) is 32.3 Å². The molecule has 0 saturated carbocycles. The van der Waals surface area contributed by atoms with Gasteiger partial charge in [-0.15, -0.1) is 12.4 Å². The Bertz CT molecular complexity index is 623. The van der Waals surface area contributed by atoms with E-state index in [-0.39, 0.29) is 24.9 Å². The Labute approximate surface area is 155 Å². The lowest BCUT2D eigenvalue weighted by Gasteiger charge is -2.12. The third kappa shape index (κ3) is 8.03. The zero-order valence-corrected chi connectivity index (χ0v) is 15.2. The van der Waals surface area contributed by atoms with Gasteiger partial charge in [-0.25, -0.2) is 0 Å². The van der Waals surface area contributed by atoms with Gasteiger partial charge in [0, 0.05) is 12.2 Å². The number of halogens is 1. The van der Waals surface area contributed by atoms with Gasteiger partial charge in [0.2, 0.25) is 5.91 Å². The maximum atomic E-state index is 12.0. The number of hydrogen-bond acceptors (Lipinski definition) is 4. The lowest BCUT2D eigenvalue weighted by atomic mass is 10.1. The summed E-state index contributed by atoms with van der Waals surface area (Å²) in [4.78, 5) is 12.0. The number of benzene rings is 2. The second-order valence-electron chi connectivity index (χ2n) is 5.20. The number of anilines is 1. The van der Waals surface area contributed by atoms with Gasteiger partial charge in [0.25, 0.3) is 0 Å². The van der Waals surface area contributed by atoms with Crippen LogP contribution in [0.5, 0.6) is 5.75 Å². The molecule has 6 heteroatoms. The lowest BCUT2D eigenvalue weighted by molar-refractivity contribution is -0.120. The van der Waals surface area contributed by atoms with Gasteiger partial charge in [-0.3, -0.25) is 4.79 Å². The molecule has 136 valence electrons. The van der Waals surface area contributed by atoms with Crippen molar-refractivity contribution in [3.05, 3.63) is 60.2 Å². The summed E-state index contributed by atoms with van der Waals surface area (Å²) in [5.41, 5.74) is 1.87. The van der Waals surface area contributed by atoms with Crippen LogP contribution in [0.2, 0.25) is 0 Å². The summed E-state index contributed by atoms with van der Waals surface area (Å²) in [6.07, 6.45) is 0. The van der Waals surface area contributed by atoms with Gasteiger partial charge >= 0.3 is 0 Å². The van der Waals surface area contributed by atoms with Crippen molar-refractivity contribution >= 4 is 24.0 Å². The Kier molecular flexibility index (Phi) is 10.3. The molecule has 0 atom stereocenters. The van der Waals surface area contributed by atoms with Crippen LogP contribution in [0.25, 0.3) is 0 Å². The molecule has 5 nitrogen and oxygen atoms in total. The van der Waals surface area contributed by atoms with Crippen LogP contribution in [0.15, 0.2) is 54.6 Å². The molecule has 2 rings (SSSR count). The van der Waals surface area contributed by atoms with Gasteiger partial charge < -0.3 is 20.1 Å². The van der Waals surface area contributed by atoms with E-state index < -0.39 is 0 Å². The van der Waals surface area contributed by atoms with Crippen LogP contribution in [0.4, 0.5) is 5.69 Å². The SMILES string of the molecule is CCNCc1ccccc1NC(=O)COCCOc1ccccc1.Cl. The minimum atomic E-state index is -0.168. The maximum Gasteiger partial charge on any atom is 0.250 e. The molecule has 0 saturated heterocycles. The zero-order chi connectivity index (χ0) is 17.0. The fourth-order valence-corrected chi connectivity index (χ4v) is 2.14. The molecule has 1 amide bonds. The molecular formula is C19H25ClN2O3. The number of nitrogens with one attached hydrogen (secondary N) is 2. The van der Waals surface area contributed by atoms with E-state index in [4.69, 9.17) is 9.47 Å². The van der Waals surface area contributed by atoms with Gasteiger partial charge in [0.15, 0.2) is 0 Å². The quantitative estimate of drug-likeness (QED) is 0.635. The first-order valence-electron chi connectivity index (χ1n) is 8.13. The van der Waals surface area contributed by atoms with E-state index in [2.05, 4.69) is 10.6 Å². The molecule has 0 aliphatic carbocycles. The average molecular weight is 365 g/mol. The van der Waals surface area contributed by atoms with E-state index in [0.29, 0.717) is 13.2 Å². The van der Waals surface area contributed by atoms with Crippen molar-refractivity contribution in [3.63, 3.8) is 0 Å². The third-order valence-electron chi connectivity index (χ3n) is 3.33. The van der Waals surface area contributed by atoms with E-state index in [9.17, 15) is 4.79 Å². The van der Waals surface area contributed by atoms with Crippen LogP contribution in [0.1, 0.15) is 12.5 Å². The zero-order valence-electron chi connectivity index (χ0n) is 14.4. The van der Waals surface area contributed by atoms with Crippen LogP contribution < -0.4 is 15.4 Å². The first kappa shape index (κ1) is 21.0. The van der Waals surface area contributed by atoms with Crippen molar-refractivity contribution in [2.24, 2.45) is 0 Å². The number of amides is 1. The van der Waals surface area contributed by atoms with E-state index in [1.54, 1.807) is 0 Å². The summed E-state index contributed by atoms with van der Waals surface area (Å²) in [7, 11) is 0. The average Bonchev–Trinajstić information content (AvgIpc) is 2.61. The number of hydrogen-bond donors (Lipinski definition) is 2. The monoisotopic (exact) mass is 364 g/mol. The highest BCUT2D eigenvalue weighted by Crippen LogP contribution is 2.14. The fraction of sp³-hybridized carbons (Fsp3) is 0.316. The minimum Gasteiger partial charge on any atom is -0.491 e. The molecule has 2 N–H and O–H groups in total. The highest BCUT2D eigenvalue weighted by molar-refractivity contribution is 5.92. The molecule has 0 radical (unpaired) electrons. The van der Waals surface area contributed by atoms with Gasteiger partial charge in [-0.2, -0.15) is 0 Å². The second kappa shape index (κ2) is 12.3. The first-order chi connectivity index (χ1) is 11.8. The van der Waals surface area contributed by atoms with E-state index >= 15 is 0 Å². The molecule has 2 aromatic carbocycles. The number of para-hydroxylation sites is 2. The van der Waals surface area contributed by atoms with E-state index in [1.165, 1.54) is 0 Å². The number of carbonyl (C=O) groups is 1. The molecule has 0 fully saturated rings.